The number of esters is 1. The molecule has 7 nitrogen and oxygen atoms in total. The molecule has 0 aromatic heterocycles. The number of hydrogen-bond acceptors (Lipinski definition) is 6. The number of carbonyl (C=O) groups is 2. The van der Waals surface area contributed by atoms with Gasteiger partial charge in [0.2, 0.25) is 0 Å². The van der Waals surface area contributed by atoms with Crippen LogP contribution in [0.25, 0.3) is 0 Å². The Labute approximate surface area is 131 Å². The highest BCUT2D eigenvalue weighted by molar-refractivity contribution is 5.86. The van der Waals surface area contributed by atoms with Crippen LogP contribution in [0.1, 0.15) is 26.2 Å². The van der Waals surface area contributed by atoms with Gasteiger partial charge in [-0.25, -0.2) is 9.59 Å². The number of amides is 1. The number of methoxy groups -OCH3 is 1. The van der Waals surface area contributed by atoms with Crippen molar-refractivity contribution in [3.8, 4) is 0 Å². The molecule has 7 heteroatoms. The second kappa shape index (κ2) is 14.3. The van der Waals surface area contributed by atoms with Crippen LogP contribution >= 0.6 is 0 Å². The number of alkyl carbamates (subject to hydrolysis) is 1. The van der Waals surface area contributed by atoms with Gasteiger partial charge in [-0.05, 0) is 26.2 Å². The van der Waals surface area contributed by atoms with Gasteiger partial charge in [0.1, 0.15) is 6.61 Å². The fourth-order valence-corrected chi connectivity index (χ4v) is 1.35. The molecule has 0 aliphatic rings. The predicted molar refractivity (Wildman–Crippen MR) is 81.7 cm³/mol. The van der Waals surface area contributed by atoms with Crippen molar-refractivity contribution in [1.29, 1.82) is 0 Å². The molecule has 0 spiro atoms. The Hall–Kier alpha value is -1.60. The SMILES string of the molecule is C=C(C)C(=O)OCCCNC(=O)OCCOCCCCOC. The van der Waals surface area contributed by atoms with Crippen molar-refractivity contribution in [1.82, 2.24) is 5.32 Å². The smallest absolute Gasteiger partial charge is 0.407 e. The van der Waals surface area contributed by atoms with Crippen LogP contribution < -0.4 is 5.32 Å². The molecule has 0 aliphatic carbocycles. The van der Waals surface area contributed by atoms with Crippen LogP contribution in [0.15, 0.2) is 12.2 Å². The van der Waals surface area contributed by atoms with Gasteiger partial charge in [0.25, 0.3) is 0 Å². The first-order valence-corrected chi connectivity index (χ1v) is 7.38. The van der Waals surface area contributed by atoms with Crippen molar-refractivity contribution in [2.24, 2.45) is 0 Å². The number of carbonyl (C=O) groups excluding carboxylic acids is 2. The molecule has 0 saturated heterocycles. The van der Waals surface area contributed by atoms with E-state index in [1.165, 1.54) is 0 Å². The Morgan fingerprint density at radius 2 is 1.68 bits per heavy atom. The van der Waals surface area contributed by atoms with E-state index in [9.17, 15) is 9.59 Å². The summed E-state index contributed by atoms with van der Waals surface area (Å²) >= 11 is 0. The third-order valence-electron chi connectivity index (χ3n) is 2.52. The lowest BCUT2D eigenvalue weighted by molar-refractivity contribution is -0.138. The van der Waals surface area contributed by atoms with Gasteiger partial charge in [-0.15, -0.1) is 0 Å². The first kappa shape index (κ1) is 20.4. The van der Waals surface area contributed by atoms with Crippen LogP contribution in [0.5, 0.6) is 0 Å². The quantitative estimate of drug-likeness (QED) is 0.316. The van der Waals surface area contributed by atoms with Gasteiger partial charge >= 0.3 is 12.1 Å². The van der Waals surface area contributed by atoms with Gasteiger partial charge in [-0.3, -0.25) is 0 Å². The van der Waals surface area contributed by atoms with Crippen molar-refractivity contribution in [2.45, 2.75) is 26.2 Å². The maximum absolute atomic E-state index is 11.3. The van der Waals surface area contributed by atoms with E-state index < -0.39 is 12.1 Å². The largest absolute Gasteiger partial charge is 0.462 e. The molecule has 0 radical (unpaired) electrons. The number of unbranched alkanes of at least 4 members (excludes halogenated alkanes) is 1. The van der Waals surface area contributed by atoms with Gasteiger partial charge in [0.05, 0.1) is 13.2 Å². The standard InChI is InChI=1S/C15H27NO6/c1-13(2)14(17)21-10-6-7-16-15(18)22-12-11-20-9-5-4-8-19-3/h1,4-12H2,2-3H3,(H,16,18). The Bertz CT molecular complexity index is 332. The lowest BCUT2D eigenvalue weighted by Crippen LogP contribution is -2.27. The van der Waals surface area contributed by atoms with Crippen molar-refractivity contribution in [2.75, 3.05) is 46.7 Å². The first-order chi connectivity index (χ1) is 10.6. The molecule has 0 saturated carbocycles. The van der Waals surface area contributed by atoms with E-state index in [4.69, 9.17) is 18.9 Å². The summed E-state index contributed by atoms with van der Waals surface area (Å²) < 4.78 is 20.0. The molecule has 0 rings (SSSR count). The maximum Gasteiger partial charge on any atom is 0.407 e. The summed E-state index contributed by atoms with van der Waals surface area (Å²) in [6, 6.07) is 0. The van der Waals surface area contributed by atoms with E-state index in [-0.39, 0.29) is 13.2 Å². The summed E-state index contributed by atoms with van der Waals surface area (Å²) in [5, 5.41) is 2.56. The number of nitrogens with one attached hydrogen (secondary N) is 1. The summed E-state index contributed by atoms with van der Waals surface area (Å²) in [6.45, 7) is 7.59. The molecule has 0 atom stereocenters. The average molecular weight is 317 g/mol. The molecule has 1 amide bonds. The predicted octanol–water partition coefficient (Wildman–Crippen LogP) is 1.67. The van der Waals surface area contributed by atoms with Crippen molar-refractivity contribution >= 4 is 12.1 Å². The second-order valence-corrected chi connectivity index (χ2v) is 4.64. The molecule has 22 heavy (non-hydrogen) atoms. The molecule has 0 bridgehead atoms. The van der Waals surface area contributed by atoms with Crippen molar-refractivity contribution < 1.29 is 28.5 Å². The zero-order valence-electron chi connectivity index (χ0n) is 13.5. The molecule has 1 N–H and O–H groups in total. The van der Waals surface area contributed by atoms with Crippen molar-refractivity contribution in [3.05, 3.63) is 12.2 Å². The molecular formula is C15H27NO6. The minimum Gasteiger partial charge on any atom is -0.462 e. The summed E-state index contributed by atoms with van der Waals surface area (Å²) in [7, 11) is 1.66. The van der Waals surface area contributed by atoms with E-state index in [0.717, 1.165) is 19.4 Å². The molecule has 0 unspecified atom stereocenters. The number of ether oxygens (including phenoxy) is 4. The summed E-state index contributed by atoms with van der Waals surface area (Å²) in [4.78, 5) is 22.4. The van der Waals surface area contributed by atoms with Crippen LogP contribution in [0, 0.1) is 0 Å². The third-order valence-corrected chi connectivity index (χ3v) is 2.52. The maximum atomic E-state index is 11.3. The fourth-order valence-electron chi connectivity index (χ4n) is 1.35. The van der Waals surface area contributed by atoms with Gasteiger partial charge in [-0.1, -0.05) is 6.58 Å². The van der Waals surface area contributed by atoms with E-state index in [1.807, 2.05) is 0 Å². The van der Waals surface area contributed by atoms with E-state index in [1.54, 1.807) is 14.0 Å². The Kier molecular flexibility index (Phi) is 13.3. The zero-order valence-corrected chi connectivity index (χ0v) is 13.5. The molecule has 0 aromatic rings. The van der Waals surface area contributed by atoms with Crippen LogP contribution in [0.4, 0.5) is 4.79 Å². The van der Waals surface area contributed by atoms with Gasteiger partial charge < -0.3 is 24.3 Å². The Balaban J connectivity index is 3.29. The highest BCUT2D eigenvalue weighted by atomic mass is 16.6. The second-order valence-electron chi connectivity index (χ2n) is 4.64. The minimum atomic E-state index is -0.505. The first-order valence-electron chi connectivity index (χ1n) is 7.38. The minimum absolute atomic E-state index is 0.209. The lowest BCUT2D eigenvalue weighted by atomic mass is 10.3. The Morgan fingerprint density at radius 3 is 2.36 bits per heavy atom. The monoisotopic (exact) mass is 317 g/mol. The lowest BCUT2D eigenvalue weighted by Gasteiger charge is -2.08. The average Bonchev–Trinajstić information content (AvgIpc) is 2.49. The normalized spacial score (nSPS) is 10.1. The van der Waals surface area contributed by atoms with Gasteiger partial charge in [-0.2, -0.15) is 0 Å². The molecule has 128 valence electrons. The number of rotatable bonds is 13. The van der Waals surface area contributed by atoms with E-state index >= 15 is 0 Å². The molecular weight excluding hydrogens is 290 g/mol. The molecule has 0 fully saturated rings. The van der Waals surface area contributed by atoms with Crippen LogP contribution in [0.3, 0.4) is 0 Å². The highest BCUT2D eigenvalue weighted by Gasteiger charge is 2.03. The zero-order chi connectivity index (χ0) is 16.6. The van der Waals surface area contributed by atoms with Gasteiger partial charge in [0.15, 0.2) is 0 Å². The topological polar surface area (TPSA) is 83.1 Å². The summed E-state index contributed by atoms with van der Waals surface area (Å²) in [5.41, 5.74) is 0.356. The van der Waals surface area contributed by atoms with E-state index in [0.29, 0.717) is 31.8 Å². The van der Waals surface area contributed by atoms with Gasteiger partial charge in [0, 0.05) is 32.4 Å². The van der Waals surface area contributed by atoms with Crippen LogP contribution in [-0.2, 0) is 23.7 Å². The van der Waals surface area contributed by atoms with E-state index in [2.05, 4.69) is 11.9 Å². The third kappa shape index (κ3) is 13.4. The number of hydrogen-bond donors (Lipinski definition) is 1. The molecule has 0 aliphatic heterocycles. The molecule has 0 heterocycles. The summed E-state index contributed by atoms with van der Waals surface area (Å²) in [5.74, 6) is -0.426. The molecule has 0 aromatic carbocycles. The van der Waals surface area contributed by atoms with Crippen LogP contribution in [-0.4, -0.2) is 58.8 Å². The van der Waals surface area contributed by atoms with Crippen LogP contribution in [0.2, 0.25) is 0 Å². The summed E-state index contributed by atoms with van der Waals surface area (Å²) in [6.07, 6.45) is 1.88. The Morgan fingerprint density at radius 1 is 0.955 bits per heavy atom. The van der Waals surface area contributed by atoms with Crippen molar-refractivity contribution in [3.63, 3.8) is 0 Å². The fraction of sp³-hybridized carbons (Fsp3) is 0.733. The highest BCUT2D eigenvalue weighted by Crippen LogP contribution is 1.93.